The molecular weight excluding hydrogens is 423 g/mol. The monoisotopic (exact) mass is 456 g/mol. The first-order valence-corrected chi connectivity index (χ1v) is 10.9. The van der Waals surface area contributed by atoms with Crippen LogP contribution < -0.4 is 27.0 Å². The van der Waals surface area contributed by atoms with E-state index in [0.717, 1.165) is 29.2 Å². The Kier molecular flexibility index (Phi) is 7.06. The highest BCUT2D eigenvalue weighted by Crippen LogP contribution is 2.30. The zero-order chi connectivity index (χ0) is 24.4. The quantitative estimate of drug-likeness (QED) is 0.389. The molecule has 0 bridgehead atoms. The number of nitrogens with zero attached hydrogens (tertiary/aromatic N) is 4. The Bertz CT molecular complexity index is 1160. The number of pyridine rings is 1. The van der Waals surface area contributed by atoms with Crippen LogP contribution in [0.15, 0.2) is 24.3 Å². The molecule has 0 aliphatic rings. The summed E-state index contributed by atoms with van der Waals surface area (Å²) >= 11 is 0. The summed E-state index contributed by atoms with van der Waals surface area (Å²) in [7, 11) is 5.70. The van der Waals surface area contributed by atoms with Gasteiger partial charge in [-0.15, -0.1) is 0 Å². The van der Waals surface area contributed by atoms with E-state index in [0.29, 0.717) is 11.6 Å². The van der Waals surface area contributed by atoms with Gasteiger partial charge in [-0.2, -0.15) is 5.10 Å². The fourth-order valence-corrected chi connectivity index (χ4v) is 3.75. The lowest BCUT2D eigenvalue weighted by molar-refractivity contribution is 0.100. The minimum atomic E-state index is -0.780. The van der Waals surface area contributed by atoms with Crippen LogP contribution in [0, 0.1) is 11.7 Å². The summed E-state index contributed by atoms with van der Waals surface area (Å²) in [6.45, 7) is 6.00. The number of rotatable bonds is 9. The van der Waals surface area contributed by atoms with E-state index >= 15 is 0 Å². The first-order chi connectivity index (χ1) is 15.5. The standard InChI is InChI=1S/C23H33FN8O/c1-12(2)9-18(13(3)25)28-22-17(24)11-16(20(26)33)21(29-22)27-14-7-8-19-15(10-14)23(31(4)5)30-32(19)6/h7-8,10-13,18H,9,25H2,1-6H3,(H2,26,33)(H2,27,28,29)/t13-,18+/m0/s1. The Morgan fingerprint density at radius 3 is 2.48 bits per heavy atom. The van der Waals surface area contributed by atoms with Crippen LogP contribution in [-0.4, -0.2) is 46.9 Å². The highest BCUT2D eigenvalue weighted by atomic mass is 19.1. The lowest BCUT2D eigenvalue weighted by Crippen LogP contribution is -2.39. The SMILES string of the molecule is CC(C)C[C@@H](Nc1nc(Nc2ccc3c(c2)c(N(C)C)nn3C)c(C(N)=O)cc1F)[C@H](C)N. The molecule has 1 amide bonds. The van der Waals surface area contributed by atoms with Gasteiger partial charge in [0.1, 0.15) is 5.82 Å². The molecule has 2 atom stereocenters. The topological polar surface area (TPSA) is 127 Å². The molecule has 1 aromatic carbocycles. The number of halogens is 1. The zero-order valence-electron chi connectivity index (χ0n) is 20.0. The average Bonchev–Trinajstić information content (AvgIpc) is 3.05. The molecule has 0 saturated carbocycles. The average molecular weight is 457 g/mol. The molecule has 0 saturated heterocycles. The van der Waals surface area contributed by atoms with Gasteiger partial charge in [0.2, 0.25) is 0 Å². The highest BCUT2D eigenvalue weighted by molar-refractivity contribution is 5.99. The molecule has 0 unspecified atom stereocenters. The molecule has 10 heteroatoms. The number of aromatic nitrogens is 3. The van der Waals surface area contributed by atoms with Crippen molar-refractivity contribution in [3.05, 3.63) is 35.6 Å². The van der Waals surface area contributed by atoms with Crippen LogP contribution in [0.1, 0.15) is 37.6 Å². The lowest BCUT2D eigenvalue weighted by Gasteiger charge is -2.25. The van der Waals surface area contributed by atoms with Gasteiger partial charge in [-0.05, 0) is 43.5 Å². The molecule has 0 spiro atoms. The van der Waals surface area contributed by atoms with E-state index in [9.17, 15) is 9.18 Å². The Balaban J connectivity index is 2.02. The van der Waals surface area contributed by atoms with E-state index in [1.165, 1.54) is 0 Å². The van der Waals surface area contributed by atoms with Crippen molar-refractivity contribution >= 4 is 40.0 Å². The van der Waals surface area contributed by atoms with Gasteiger partial charge in [0.05, 0.1) is 11.1 Å². The molecule has 3 rings (SSSR count). The summed E-state index contributed by atoms with van der Waals surface area (Å²) < 4.78 is 16.6. The third-order valence-electron chi connectivity index (χ3n) is 5.44. The predicted octanol–water partition coefficient (Wildman–Crippen LogP) is 3.19. The predicted molar refractivity (Wildman–Crippen MR) is 132 cm³/mol. The zero-order valence-corrected chi connectivity index (χ0v) is 20.0. The Morgan fingerprint density at radius 2 is 1.91 bits per heavy atom. The number of aryl methyl sites for hydroxylation is 1. The summed E-state index contributed by atoms with van der Waals surface area (Å²) in [5.41, 5.74) is 13.2. The maximum atomic E-state index is 14.8. The number of nitrogens with two attached hydrogens (primary N) is 2. The molecule has 3 aromatic rings. The van der Waals surface area contributed by atoms with Crippen LogP contribution in [0.4, 0.5) is 27.5 Å². The number of hydrogen-bond acceptors (Lipinski definition) is 7. The molecule has 9 nitrogen and oxygen atoms in total. The van der Waals surface area contributed by atoms with Crippen LogP contribution in [0.25, 0.3) is 10.9 Å². The van der Waals surface area contributed by atoms with Gasteiger partial charge < -0.3 is 27.0 Å². The minimum Gasteiger partial charge on any atom is -0.365 e. The molecule has 33 heavy (non-hydrogen) atoms. The van der Waals surface area contributed by atoms with E-state index in [4.69, 9.17) is 11.5 Å². The van der Waals surface area contributed by atoms with Crippen LogP contribution >= 0.6 is 0 Å². The van der Waals surface area contributed by atoms with Crippen LogP contribution in [-0.2, 0) is 7.05 Å². The normalized spacial score (nSPS) is 13.2. The van der Waals surface area contributed by atoms with Crippen LogP contribution in [0.2, 0.25) is 0 Å². The summed E-state index contributed by atoms with van der Waals surface area (Å²) in [6.07, 6.45) is 0.740. The molecule has 178 valence electrons. The number of carbonyl (C=O) groups excluding carboxylic acids is 1. The molecule has 2 aromatic heterocycles. The highest BCUT2D eigenvalue weighted by Gasteiger charge is 2.21. The van der Waals surface area contributed by atoms with E-state index in [1.54, 1.807) is 4.68 Å². The van der Waals surface area contributed by atoms with Gasteiger partial charge in [-0.3, -0.25) is 9.48 Å². The largest absolute Gasteiger partial charge is 0.365 e. The summed E-state index contributed by atoms with van der Waals surface area (Å²) in [5.74, 6) is -0.111. The second kappa shape index (κ2) is 9.62. The Hall–Kier alpha value is -3.40. The third kappa shape index (κ3) is 5.33. The number of benzene rings is 1. The number of amides is 1. The molecule has 0 radical (unpaired) electrons. The van der Waals surface area contributed by atoms with Crippen molar-refractivity contribution in [1.82, 2.24) is 14.8 Å². The molecule has 0 fully saturated rings. The second-order valence-electron chi connectivity index (χ2n) is 9.02. The molecule has 2 heterocycles. The van der Waals surface area contributed by atoms with Crippen molar-refractivity contribution in [2.45, 2.75) is 39.3 Å². The third-order valence-corrected chi connectivity index (χ3v) is 5.44. The van der Waals surface area contributed by atoms with Crippen molar-refractivity contribution in [3.8, 4) is 0 Å². The fourth-order valence-electron chi connectivity index (χ4n) is 3.75. The van der Waals surface area contributed by atoms with Gasteiger partial charge in [-0.25, -0.2) is 9.37 Å². The number of primary amides is 1. The first kappa shape index (κ1) is 24.2. The number of carbonyl (C=O) groups is 1. The molecule has 6 N–H and O–H groups in total. The maximum absolute atomic E-state index is 14.8. The van der Waals surface area contributed by atoms with Gasteiger partial charge in [0.15, 0.2) is 17.5 Å². The number of hydrogen-bond donors (Lipinski definition) is 4. The lowest BCUT2D eigenvalue weighted by atomic mass is 9.99. The van der Waals surface area contributed by atoms with Crippen molar-refractivity contribution in [2.24, 2.45) is 24.4 Å². The summed E-state index contributed by atoms with van der Waals surface area (Å²) in [4.78, 5) is 18.3. The van der Waals surface area contributed by atoms with Crippen molar-refractivity contribution in [2.75, 3.05) is 29.6 Å². The summed E-state index contributed by atoms with van der Waals surface area (Å²) in [6, 6.07) is 6.35. The van der Waals surface area contributed by atoms with Gasteiger partial charge in [0.25, 0.3) is 5.91 Å². The van der Waals surface area contributed by atoms with Crippen LogP contribution in [0.3, 0.4) is 0 Å². The van der Waals surface area contributed by atoms with Crippen molar-refractivity contribution < 1.29 is 9.18 Å². The molecule has 0 aliphatic carbocycles. The fraction of sp³-hybridized carbons (Fsp3) is 0.435. The first-order valence-electron chi connectivity index (χ1n) is 10.9. The molecule has 0 aliphatic heterocycles. The molecular formula is C23H33FN8O. The van der Waals surface area contributed by atoms with Crippen molar-refractivity contribution in [1.29, 1.82) is 0 Å². The number of nitrogens with one attached hydrogen (secondary N) is 2. The number of anilines is 4. The second-order valence-corrected chi connectivity index (χ2v) is 9.02. The van der Waals surface area contributed by atoms with Crippen LogP contribution in [0.5, 0.6) is 0 Å². The van der Waals surface area contributed by atoms with Gasteiger partial charge in [-0.1, -0.05) is 13.8 Å². The Labute approximate surface area is 193 Å². The minimum absolute atomic E-state index is 0.0156. The van der Waals surface area contributed by atoms with Crippen molar-refractivity contribution in [3.63, 3.8) is 0 Å². The smallest absolute Gasteiger partial charge is 0.252 e. The summed E-state index contributed by atoms with van der Waals surface area (Å²) in [5, 5.41) is 11.7. The van der Waals surface area contributed by atoms with E-state index in [1.807, 2.05) is 51.2 Å². The number of fused-ring (bicyclic) bond motifs is 1. The van der Waals surface area contributed by atoms with E-state index in [2.05, 4.69) is 34.6 Å². The van der Waals surface area contributed by atoms with E-state index in [-0.39, 0.29) is 29.3 Å². The maximum Gasteiger partial charge on any atom is 0.252 e. The van der Waals surface area contributed by atoms with Gasteiger partial charge in [0, 0.05) is 44.3 Å². The van der Waals surface area contributed by atoms with Gasteiger partial charge >= 0.3 is 0 Å². The Morgan fingerprint density at radius 1 is 1.21 bits per heavy atom. The van der Waals surface area contributed by atoms with E-state index < -0.39 is 11.7 Å².